The van der Waals surface area contributed by atoms with Crippen molar-refractivity contribution in [3.8, 4) is 0 Å². The van der Waals surface area contributed by atoms with E-state index in [0.717, 1.165) is 6.54 Å². The van der Waals surface area contributed by atoms with Gasteiger partial charge >= 0.3 is 0 Å². The number of hydrogen-bond donors (Lipinski definition) is 1. The van der Waals surface area contributed by atoms with E-state index in [9.17, 15) is 0 Å². The Morgan fingerprint density at radius 3 is 1.27 bits per heavy atom. The molecule has 0 saturated heterocycles. The lowest BCUT2D eigenvalue weighted by Gasteiger charge is -2.28. The molecule has 0 fully saturated rings. The van der Waals surface area contributed by atoms with Gasteiger partial charge in [-0.05, 0) is 41.3 Å². The Hall–Kier alpha value is -0.0800. The van der Waals surface area contributed by atoms with Gasteiger partial charge in [-0.1, -0.05) is 6.92 Å². The van der Waals surface area contributed by atoms with Crippen LogP contribution in [0, 0.1) is 0 Å². The van der Waals surface area contributed by atoms with Crippen LogP contribution in [0.4, 0.5) is 0 Å². The summed E-state index contributed by atoms with van der Waals surface area (Å²) in [7, 11) is 1.50. The van der Waals surface area contributed by atoms with Crippen LogP contribution in [-0.2, 0) is 0 Å². The molecule has 0 aliphatic carbocycles. The van der Waals surface area contributed by atoms with Gasteiger partial charge in [-0.15, -0.1) is 0 Å². The van der Waals surface area contributed by atoms with Gasteiger partial charge in [-0.25, -0.2) is 0 Å². The summed E-state index contributed by atoms with van der Waals surface area (Å²) in [5.41, 5.74) is 4.50. The molecule has 2 N–H and O–H groups in total. The zero-order valence-corrected chi connectivity index (χ0v) is 8.89. The van der Waals surface area contributed by atoms with Crippen molar-refractivity contribution in [3.63, 3.8) is 0 Å². The van der Waals surface area contributed by atoms with E-state index in [1.165, 1.54) is 7.05 Å². The standard InChI is InChI=1S/C8H19N.CH5N/c1-6-9(7(2)3)8(4)5;1-2/h7-8H,6H2,1-5H3;2H2,1H3. The van der Waals surface area contributed by atoms with Crippen molar-refractivity contribution in [1.82, 2.24) is 4.90 Å². The van der Waals surface area contributed by atoms with Crippen LogP contribution in [0.5, 0.6) is 0 Å². The lowest BCUT2D eigenvalue weighted by molar-refractivity contribution is 0.185. The maximum atomic E-state index is 4.50. The minimum atomic E-state index is 0.690. The topological polar surface area (TPSA) is 29.3 Å². The predicted molar refractivity (Wildman–Crippen MR) is 52.8 cm³/mol. The molecule has 0 aromatic heterocycles. The van der Waals surface area contributed by atoms with Gasteiger partial charge in [0.25, 0.3) is 0 Å². The molecule has 0 unspecified atom stereocenters. The van der Waals surface area contributed by atoms with Crippen molar-refractivity contribution in [2.45, 2.75) is 46.7 Å². The van der Waals surface area contributed by atoms with Crippen molar-refractivity contribution in [2.75, 3.05) is 13.6 Å². The van der Waals surface area contributed by atoms with E-state index < -0.39 is 0 Å². The normalized spacial score (nSPS) is 10.4. The first-order valence-corrected chi connectivity index (χ1v) is 4.43. The molecule has 0 spiro atoms. The third-order valence-corrected chi connectivity index (χ3v) is 1.69. The molecule has 0 amide bonds. The maximum Gasteiger partial charge on any atom is 0.00411 e. The van der Waals surface area contributed by atoms with Crippen molar-refractivity contribution in [1.29, 1.82) is 0 Å². The highest BCUT2D eigenvalue weighted by molar-refractivity contribution is 4.64. The molecule has 0 radical (unpaired) electrons. The Balaban J connectivity index is 0. The van der Waals surface area contributed by atoms with E-state index in [1.54, 1.807) is 0 Å². The highest BCUT2D eigenvalue weighted by Crippen LogP contribution is 2.02. The van der Waals surface area contributed by atoms with Crippen LogP contribution in [-0.4, -0.2) is 30.6 Å². The maximum absolute atomic E-state index is 4.50. The Bertz CT molecular complexity index is 62.0. The average molecular weight is 160 g/mol. The van der Waals surface area contributed by atoms with E-state index in [4.69, 9.17) is 0 Å². The Kier molecular flexibility index (Phi) is 9.85. The van der Waals surface area contributed by atoms with Gasteiger partial charge in [-0.2, -0.15) is 0 Å². The largest absolute Gasteiger partial charge is 0.333 e. The third-order valence-electron chi connectivity index (χ3n) is 1.69. The minimum absolute atomic E-state index is 0.690. The molecule has 70 valence electrons. The predicted octanol–water partition coefficient (Wildman–Crippen LogP) is 1.70. The first-order valence-electron chi connectivity index (χ1n) is 4.43. The molecule has 0 saturated carbocycles. The number of rotatable bonds is 3. The van der Waals surface area contributed by atoms with E-state index in [-0.39, 0.29) is 0 Å². The van der Waals surface area contributed by atoms with Gasteiger partial charge in [0.2, 0.25) is 0 Å². The fraction of sp³-hybridized carbons (Fsp3) is 1.00. The molecule has 2 heteroatoms. The third kappa shape index (κ3) is 6.32. The van der Waals surface area contributed by atoms with Gasteiger partial charge in [-0.3, -0.25) is 4.90 Å². The Morgan fingerprint density at radius 1 is 1.00 bits per heavy atom. The zero-order valence-electron chi connectivity index (χ0n) is 8.89. The highest BCUT2D eigenvalue weighted by atomic mass is 15.2. The quantitative estimate of drug-likeness (QED) is 0.681. The van der Waals surface area contributed by atoms with Crippen molar-refractivity contribution in [2.24, 2.45) is 5.73 Å². The fourth-order valence-electron chi connectivity index (χ4n) is 1.33. The SMILES string of the molecule is CCN(C(C)C)C(C)C.CN. The highest BCUT2D eigenvalue weighted by Gasteiger charge is 2.08. The monoisotopic (exact) mass is 160 g/mol. The van der Waals surface area contributed by atoms with Gasteiger partial charge in [0.05, 0.1) is 0 Å². The second-order valence-corrected chi connectivity index (χ2v) is 3.02. The smallest absolute Gasteiger partial charge is 0.00411 e. The van der Waals surface area contributed by atoms with Crippen LogP contribution < -0.4 is 5.73 Å². The Morgan fingerprint density at radius 2 is 1.27 bits per heavy atom. The van der Waals surface area contributed by atoms with E-state index >= 15 is 0 Å². The molecule has 0 aliphatic rings. The van der Waals surface area contributed by atoms with Crippen LogP contribution >= 0.6 is 0 Å². The molecule has 2 nitrogen and oxygen atoms in total. The number of nitrogens with two attached hydrogens (primary N) is 1. The average Bonchev–Trinajstić information content (AvgIpc) is 1.91. The zero-order chi connectivity index (χ0) is 9.44. The fourth-order valence-corrected chi connectivity index (χ4v) is 1.33. The molecular formula is C9H24N2. The first-order chi connectivity index (χ1) is 5.09. The van der Waals surface area contributed by atoms with Crippen LogP contribution in [0.1, 0.15) is 34.6 Å². The molecule has 0 rings (SSSR count). The van der Waals surface area contributed by atoms with Crippen LogP contribution in [0.25, 0.3) is 0 Å². The summed E-state index contributed by atoms with van der Waals surface area (Å²) in [4.78, 5) is 2.46. The molecule has 0 aromatic carbocycles. The van der Waals surface area contributed by atoms with Gasteiger partial charge in [0, 0.05) is 12.1 Å². The van der Waals surface area contributed by atoms with Gasteiger partial charge in [0.1, 0.15) is 0 Å². The molecular weight excluding hydrogens is 136 g/mol. The Labute approximate surface area is 71.8 Å². The summed E-state index contributed by atoms with van der Waals surface area (Å²) < 4.78 is 0. The van der Waals surface area contributed by atoms with E-state index in [0.29, 0.717) is 12.1 Å². The minimum Gasteiger partial charge on any atom is -0.333 e. The van der Waals surface area contributed by atoms with Crippen molar-refractivity contribution < 1.29 is 0 Å². The first kappa shape index (κ1) is 13.5. The summed E-state index contributed by atoms with van der Waals surface area (Å²) in [6.07, 6.45) is 0. The van der Waals surface area contributed by atoms with Gasteiger partial charge in [0.15, 0.2) is 0 Å². The van der Waals surface area contributed by atoms with Crippen LogP contribution in [0.3, 0.4) is 0 Å². The van der Waals surface area contributed by atoms with E-state index in [1.807, 2.05) is 0 Å². The molecule has 0 bridgehead atoms. The van der Waals surface area contributed by atoms with Crippen molar-refractivity contribution >= 4 is 0 Å². The van der Waals surface area contributed by atoms with Crippen LogP contribution in [0.15, 0.2) is 0 Å². The molecule has 0 aromatic rings. The second-order valence-electron chi connectivity index (χ2n) is 3.02. The molecule has 11 heavy (non-hydrogen) atoms. The van der Waals surface area contributed by atoms with Crippen molar-refractivity contribution in [3.05, 3.63) is 0 Å². The summed E-state index contributed by atoms with van der Waals surface area (Å²) in [5.74, 6) is 0. The summed E-state index contributed by atoms with van der Waals surface area (Å²) >= 11 is 0. The number of nitrogens with zero attached hydrogens (tertiary/aromatic N) is 1. The molecule has 0 atom stereocenters. The summed E-state index contributed by atoms with van der Waals surface area (Å²) in [6.45, 7) is 12.3. The second kappa shape index (κ2) is 8.02. The van der Waals surface area contributed by atoms with Gasteiger partial charge < -0.3 is 5.73 Å². The molecule has 0 aliphatic heterocycles. The summed E-state index contributed by atoms with van der Waals surface area (Å²) in [6, 6.07) is 1.38. The number of hydrogen-bond acceptors (Lipinski definition) is 2. The summed E-state index contributed by atoms with van der Waals surface area (Å²) in [5, 5.41) is 0. The van der Waals surface area contributed by atoms with Crippen LogP contribution in [0.2, 0.25) is 0 Å². The lowest BCUT2D eigenvalue weighted by atomic mass is 10.2. The lowest BCUT2D eigenvalue weighted by Crippen LogP contribution is -2.36. The molecule has 0 heterocycles. The van der Waals surface area contributed by atoms with E-state index in [2.05, 4.69) is 45.3 Å².